The lowest BCUT2D eigenvalue weighted by Crippen LogP contribution is -2.43. The van der Waals surface area contributed by atoms with Crippen LogP contribution in [0, 0.1) is 5.92 Å². The standard InChI is InChI=1S/C15H31N3O2S.HI/c1-13(10-12-21(3,19)20)18-15(16-2)17-11-6-9-14-7-4-5-8-14;/h13-14H,4-12H2,1-3H3,(H2,16,17,18);1H. The van der Waals surface area contributed by atoms with Crippen molar-refractivity contribution in [1.82, 2.24) is 10.6 Å². The lowest BCUT2D eigenvalue weighted by Gasteiger charge is -2.18. The number of hydrogen-bond acceptors (Lipinski definition) is 3. The number of rotatable bonds is 8. The van der Waals surface area contributed by atoms with Crippen molar-refractivity contribution in [3.63, 3.8) is 0 Å². The molecule has 2 N–H and O–H groups in total. The molecule has 0 aromatic carbocycles. The molecule has 5 nitrogen and oxygen atoms in total. The minimum Gasteiger partial charge on any atom is -0.356 e. The third kappa shape index (κ3) is 10.6. The van der Waals surface area contributed by atoms with Crippen molar-refractivity contribution < 1.29 is 8.42 Å². The van der Waals surface area contributed by atoms with E-state index < -0.39 is 9.84 Å². The second-order valence-electron chi connectivity index (χ2n) is 6.26. The molecule has 1 saturated carbocycles. The molecule has 1 atom stereocenters. The molecule has 1 unspecified atom stereocenters. The van der Waals surface area contributed by atoms with Crippen molar-refractivity contribution in [2.24, 2.45) is 10.9 Å². The van der Waals surface area contributed by atoms with Gasteiger partial charge in [0.25, 0.3) is 0 Å². The van der Waals surface area contributed by atoms with Crippen molar-refractivity contribution in [2.45, 2.75) is 57.9 Å². The highest BCUT2D eigenvalue weighted by Gasteiger charge is 2.14. The first-order valence-corrected chi connectivity index (χ1v) is 10.1. The van der Waals surface area contributed by atoms with Gasteiger partial charge >= 0.3 is 0 Å². The summed E-state index contributed by atoms with van der Waals surface area (Å²) in [7, 11) is -1.15. The summed E-state index contributed by atoms with van der Waals surface area (Å²) in [6, 6.07) is 0.0979. The Kier molecular flexibility index (Phi) is 11.5. The van der Waals surface area contributed by atoms with Crippen LogP contribution in [0.3, 0.4) is 0 Å². The van der Waals surface area contributed by atoms with Gasteiger partial charge in [0.1, 0.15) is 9.84 Å². The highest BCUT2D eigenvalue weighted by atomic mass is 127. The Balaban J connectivity index is 0.00000441. The van der Waals surface area contributed by atoms with E-state index in [1.165, 1.54) is 44.8 Å². The third-order valence-electron chi connectivity index (χ3n) is 4.08. The quantitative estimate of drug-likeness (QED) is 0.261. The largest absolute Gasteiger partial charge is 0.356 e. The fourth-order valence-corrected chi connectivity index (χ4v) is 3.57. The van der Waals surface area contributed by atoms with Crippen molar-refractivity contribution >= 4 is 39.8 Å². The molecule has 1 aliphatic carbocycles. The number of hydrogen-bond donors (Lipinski definition) is 2. The van der Waals surface area contributed by atoms with E-state index in [0.717, 1.165) is 18.4 Å². The molecule has 1 rings (SSSR count). The van der Waals surface area contributed by atoms with E-state index in [-0.39, 0.29) is 35.8 Å². The van der Waals surface area contributed by atoms with Crippen LogP contribution in [0.15, 0.2) is 4.99 Å². The van der Waals surface area contributed by atoms with Crippen LogP contribution in [0.4, 0.5) is 0 Å². The molecular weight excluding hydrogens is 413 g/mol. The normalized spacial score (nSPS) is 17.9. The maximum atomic E-state index is 11.2. The predicted octanol–water partition coefficient (Wildman–Crippen LogP) is 2.56. The van der Waals surface area contributed by atoms with Gasteiger partial charge in [0.05, 0.1) is 5.75 Å². The molecule has 0 spiro atoms. The molecule has 0 radical (unpaired) electrons. The monoisotopic (exact) mass is 445 g/mol. The lowest BCUT2D eigenvalue weighted by molar-refractivity contribution is 0.480. The van der Waals surface area contributed by atoms with E-state index in [1.807, 2.05) is 6.92 Å². The van der Waals surface area contributed by atoms with Crippen LogP contribution in [-0.2, 0) is 9.84 Å². The molecule has 7 heteroatoms. The second-order valence-corrected chi connectivity index (χ2v) is 8.52. The number of nitrogens with one attached hydrogen (secondary N) is 2. The highest BCUT2D eigenvalue weighted by molar-refractivity contribution is 14.0. The first-order valence-electron chi connectivity index (χ1n) is 8.05. The van der Waals surface area contributed by atoms with Gasteiger partial charge in [0.2, 0.25) is 0 Å². The van der Waals surface area contributed by atoms with Crippen molar-refractivity contribution in [3.05, 3.63) is 0 Å². The van der Waals surface area contributed by atoms with Crippen LogP contribution in [0.5, 0.6) is 0 Å². The van der Waals surface area contributed by atoms with Gasteiger partial charge in [-0.2, -0.15) is 0 Å². The summed E-state index contributed by atoms with van der Waals surface area (Å²) in [5.41, 5.74) is 0. The van der Waals surface area contributed by atoms with Crippen LogP contribution in [0.25, 0.3) is 0 Å². The average Bonchev–Trinajstić information content (AvgIpc) is 2.92. The van der Waals surface area contributed by atoms with E-state index in [2.05, 4.69) is 15.6 Å². The summed E-state index contributed by atoms with van der Waals surface area (Å²) in [6.45, 7) is 2.91. The Labute approximate surface area is 153 Å². The van der Waals surface area contributed by atoms with E-state index in [1.54, 1.807) is 7.05 Å². The van der Waals surface area contributed by atoms with Gasteiger partial charge in [0.15, 0.2) is 5.96 Å². The number of nitrogens with zero attached hydrogens (tertiary/aromatic N) is 1. The maximum absolute atomic E-state index is 11.2. The van der Waals surface area contributed by atoms with E-state index >= 15 is 0 Å². The fraction of sp³-hybridized carbons (Fsp3) is 0.933. The van der Waals surface area contributed by atoms with Crippen molar-refractivity contribution in [1.29, 1.82) is 0 Å². The molecule has 1 fully saturated rings. The number of aliphatic imine (C=N–C) groups is 1. The summed E-state index contributed by atoms with van der Waals surface area (Å²) in [5, 5.41) is 6.55. The molecular formula is C15H32IN3O2S. The number of guanidine groups is 1. The van der Waals surface area contributed by atoms with Gasteiger partial charge < -0.3 is 10.6 Å². The SMILES string of the molecule is CN=C(NCCCC1CCCC1)NC(C)CCS(C)(=O)=O.I. The smallest absolute Gasteiger partial charge is 0.191 e. The van der Waals surface area contributed by atoms with Gasteiger partial charge in [-0.3, -0.25) is 4.99 Å². The van der Waals surface area contributed by atoms with E-state index in [9.17, 15) is 8.42 Å². The number of sulfone groups is 1. The molecule has 1 aliphatic rings. The van der Waals surface area contributed by atoms with Crippen LogP contribution in [0.1, 0.15) is 51.9 Å². The molecule has 22 heavy (non-hydrogen) atoms. The van der Waals surface area contributed by atoms with Crippen molar-refractivity contribution in [3.8, 4) is 0 Å². The highest BCUT2D eigenvalue weighted by Crippen LogP contribution is 2.28. The van der Waals surface area contributed by atoms with Gasteiger partial charge in [-0.15, -0.1) is 24.0 Å². The van der Waals surface area contributed by atoms with Crippen LogP contribution < -0.4 is 10.6 Å². The Hall–Kier alpha value is -0.0500. The summed E-state index contributed by atoms with van der Waals surface area (Å²) in [6.07, 6.45) is 9.94. The molecule has 0 saturated heterocycles. The lowest BCUT2D eigenvalue weighted by atomic mass is 10.0. The summed E-state index contributed by atoms with van der Waals surface area (Å²) < 4.78 is 22.3. The van der Waals surface area contributed by atoms with Gasteiger partial charge in [-0.05, 0) is 32.1 Å². The molecule has 0 amide bonds. The zero-order valence-electron chi connectivity index (χ0n) is 14.1. The van der Waals surface area contributed by atoms with Crippen molar-refractivity contribution in [2.75, 3.05) is 25.6 Å². The van der Waals surface area contributed by atoms with Crippen LogP contribution in [0.2, 0.25) is 0 Å². The topological polar surface area (TPSA) is 70.6 Å². The molecule has 0 aromatic rings. The van der Waals surface area contributed by atoms with E-state index in [0.29, 0.717) is 6.42 Å². The Morgan fingerprint density at radius 3 is 2.50 bits per heavy atom. The molecule has 0 aliphatic heterocycles. The second kappa shape index (κ2) is 11.5. The zero-order chi connectivity index (χ0) is 15.7. The Morgan fingerprint density at radius 1 is 1.32 bits per heavy atom. The predicted molar refractivity (Wildman–Crippen MR) is 105 cm³/mol. The summed E-state index contributed by atoms with van der Waals surface area (Å²) in [4.78, 5) is 4.19. The summed E-state index contributed by atoms with van der Waals surface area (Å²) >= 11 is 0. The van der Waals surface area contributed by atoms with Gasteiger partial charge in [-0.1, -0.05) is 25.7 Å². The van der Waals surface area contributed by atoms with Gasteiger partial charge in [0, 0.05) is 25.9 Å². The summed E-state index contributed by atoms with van der Waals surface area (Å²) in [5.74, 6) is 1.90. The Morgan fingerprint density at radius 2 is 1.95 bits per heavy atom. The number of halogens is 1. The van der Waals surface area contributed by atoms with Crippen LogP contribution in [-0.4, -0.2) is 46.0 Å². The first-order chi connectivity index (χ1) is 9.90. The van der Waals surface area contributed by atoms with Gasteiger partial charge in [-0.25, -0.2) is 8.42 Å². The third-order valence-corrected chi connectivity index (χ3v) is 5.06. The molecule has 0 heterocycles. The Bertz CT molecular complexity index is 421. The zero-order valence-corrected chi connectivity index (χ0v) is 17.2. The minimum absolute atomic E-state index is 0. The molecule has 132 valence electrons. The average molecular weight is 445 g/mol. The minimum atomic E-state index is -2.89. The maximum Gasteiger partial charge on any atom is 0.191 e. The first kappa shape index (κ1) is 21.9. The van der Waals surface area contributed by atoms with Crippen LogP contribution >= 0.6 is 24.0 Å². The molecule has 0 bridgehead atoms. The van der Waals surface area contributed by atoms with E-state index in [4.69, 9.17) is 0 Å². The fourth-order valence-electron chi connectivity index (χ4n) is 2.79. The molecule has 0 aromatic heterocycles.